The number of benzene rings is 1. The van der Waals surface area contributed by atoms with Crippen LogP contribution in [0.1, 0.15) is 43.6 Å². The SMILES string of the molecule is [B]c1ccc(C2CCC(CC=C)CC2)cc1. The summed E-state index contributed by atoms with van der Waals surface area (Å²) < 4.78 is 0. The molecule has 0 aliphatic heterocycles. The summed E-state index contributed by atoms with van der Waals surface area (Å²) >= 11 is 0. The van der Waals surface area contributed by atoms with Gasteiger partial charge in [0.05, 0.1) is 0 Å². The van der Waals surface area contributed by atoms with E-state index >= 15 is 0 Å². The largest absolute Gasteiger partial charge is 0.113 e. The van der Waals surface area contributed by atoms with Gasteiger partial charge in [-0.1, -0.05) is 35.8 Å². The summed E-state index contributed by atoms with van der Waals surface area (Å²) in [5, 5.41) is 0. The minimum Gasteiger partial charge on any atom is -0.103 e. The van der Waals surface area contributed by atoms with E-state index in [2.05, 4.69) is 24.8 Å². The van der Waals surface area contributed by atoms with Crippen LogP contribution >= 0.6 is 0 Å². The third kappa shape index (κ3) is 2.78. The summed E-state index contributed by atoms with van der Waals surface area (Å²) in [6.07, 6.45) is 8.59. The lowest BCUT2D eigenvalue weighted by molar-refractivity contribution is 0.328. The van der Waals surface area contributed by atoms with Crippen LogP contribution in [0.25, 0.3) is 0 Å². The maximum atomic E-state index is 5.71. The quantitative estimate of drug-likeness (QED) is 0.530. The maximum Gasteiger partial charge on any atom is 0.113 e. The van der Waals surface area contributed by atoms with E-state index in [1.165, 1.54) is 37.7 Å². The van der Waals surface area contributed by atoms with Crippen LogP contribution in [0.2, 0.25) is 0 Å². The van der Waals surface area contributed by atoms with Gasteiger partial charge in [-0.15, -0.1) is 6.58 Å². The van der Waals surface area contributed by atoms with Gasteiger partial charge in [-0.25, -0.2) is 0 Å². The topological polar surface area (TPSA) is 0 Å². The normalized spacial score (nSPS) is 25.2. The van der Waals surface area contributed by atoms with Gasteiger partial charge in [0.2, 0.25) is 0 Å². The van der Waals surface area contributed by atoms with Crippen molar-refractivity contribution in [1.29, 1.82) is 0 Å². The van der Waals surface area contributed by atoms with Gasteiger partial charge in [-0.2, -0.15) is 0 Å². The van der Waals surface area contributed by atoms with Crippen molar-refractivity contribution in [3.8, 4) is 0 Å². The van der Waals surface area contributed by atoms with Crippen molar-refractivity contribution in [2.45, 2.75) is 38.0 Å². The molecule has 0 spiro atoms. The summed E-state index contributed by atoms with van der Waals surface area (Å²) in [4.78, 5) is 0. The molecule has 82 valence electrons. The molecule has 0 N–H and O–H groups in total. The van der Waals surface area contributed by atoms with Crippen LogP contribution in [0.4, 0.5) is 0 Å². The molecule has 16 heavy (non-hydrogen) atoms. The first-order valence-corrected chi connectivity index (χ1v) is 6.26. The van der Waals surface area contributed by atoms with Gasteiger partial charge < -0.3 is 0 Å². The lowest BCUT2D eigenvalue weighted by Gasteiger charge is -2.28. The lowest BCUT2D eigenvalue weighted by atomic mass is 9.77. The Kier molecular flexibility index (Phi) is 3.87. The van der Waals surface area contributed by atoms with E-state index in [0.717, 1.165) is 17.3 Å². The highest BCUT2D eigenvalue weighted by Gasteiger charge is 2.21. The predicted molar refractivity (Wildman–Crippen MR) is 71.3 cm³/mol. The molecule has 1 saturated carbocycles. The van der Waals surface area contributed by atoms with E-state index < -0.39 is 0 Å². The van der Waals surface area contributed by atoms with Crippen molar-refractivity contribution in [1.82, 2.24) is 0 Å². The molecule has 0 saturated heterocycles. The second-order valence-corrected chi connectivity index (χ2v) is 4.91. The Hall–Kier alpha value is -0.975. The lowest BCUT2D eigenvalue weighted by Crippen LogP contribution is -2.13. The molecule has 1 aromatic carbocycles. The van der Waals surface area contributed by atoms with Crippen molar-refractivity contribution >= 4 is 13.3 Å². The molecule has 1 aromatic rings. The standard InChI is InChI=1S/C15H19B/c1-2-3-12-4-6-13(7-5-12)14-8-10-15(16)11-9-14/h2,8-13H,1,3-7H2. The molecule has 0 bridgehead atoms. The van der Waals surface area contributed by atoms with Gasteiger partial charge in [0.25, 0.3) is 0 Å². The van der Waals surface area contributed by atoms with Gasteiger partial charge in [0, 0.05) is 0 Å². The Balaban J connectivity index is 1.93. The van der Waals surface area contributed by atoms with Crippen LogP contribution in [-0.2, 0) is 0 Å². The molecule has 1 heteroatoms. The van der Waals surface area contributed by atoms with E-state index in [-0.39, 0.29) is 0 Å². The third-order valence-corrected chi connectivity index (χ3v) is 3.75. The second kappa shape index (κ2) is 5.38. The average Bonchev–Trinajstić information content (AvgIpc) is 2.32. The molecule has 2 radical (unpaired) electrons. The van der Waals surface area contributed by atoms with E-state index in [9.17, 15) is 0 Å². The fourth-order valence-electron chi connectivity index (χ4n) is 2.74. The molecule has 0 heterocycles. The Morgan fingerprint density at radius 1 is 1.12 bits per heavy atom. The van der Waals surface area contributed by atoms with Gasteiger partial charge in [-0.3, -0.25) is 0 Å². The van der Waals surface area contributed by atoms with Gasteiger partial charge in [0.15, 0.2) is 0 Å². The number of hydrogen-bond donors (Lipinski definition) is 0. The fraction of sp³-hybridized carbons (Fsp3) is 0.467. The number of allylic oxidation sites excluding steroid dienone is 1. The average molecular weight is 210 g/mol. The smallest absolute Gasteiger partial charge is 0.103 e. The minimum absolute atomic E-state index is 0.752. The zero-order chi connectivity index (χ0) is 11.4. The molecular formula is C15H19B. The Labute approximate surface area is 100 Å². The number of hydrogen-bond acceptors (Lipinski definition) is 0. The van der Waals surface area contributed by atoms with Crippen LogP contribution in [0.5, 0.6) is 0 Å². The first-order valence-electron chi connectivity index (χ1n) is 6.26. The fourth-order valence-corrected chi connectivity index (χ4v) is 2.74. The Bertz CT molecular complexity index is 331. The van der Waals surface area contributed by atoms with Crippen molar-refractivity contribution in [2.24, 2.45) is 5.92 Å². The molecular weight excluding hydrogens is 191 g/mol. The zero-order valence-electron chi connectivity index (χ0n) is 9.86. The number of rotatable bonds is 3. The molecule has 0 nitrogen and oxygen atoms in total. The minimum atomic E-state index is 0.752. The summed E-state index contributed by atoms with van der Waals surface area (Å²) in [7, 11) is 5.71. The molecule has 2 rings (SSSR count). The molecule has 0 atom stereocenters. The van der Waals surface area contributed by atoms with Crippen LogP contribution in [0.3, 0.4) is 0 Å². The molecule has 1 fully saturated rings. The third-order valence-electron chi connectivity index (χ3n) is 3.75. The monoisotopic (exact) mass is 210 g/mol. The summed E-state index contributed by atoms with van der Waals surface area (Å²) in [5.74, 6) is 1.63. The Morgan fingerprint density at radius 3 is 2.31 bits per heavy atom. The van der Waals surface area contributed by atoms with Crippen molar-refractivity contribution in [3.05, 3.63) is 42.5 Å². The van der Waals surface area contributed by atoms with E-state index in [1.807, 2.05) is 12.1 Å². The molecule has 1 aliphatic rings. The molecule has 1 aliphatic carbocycles. The second-order valence-electron chi connectivity index (χ2n) is 4.91. The highest BCUT2D eigenvalue weighted by Crippen LogP contribution is 2.36. The molecule has 0 amide bonds. The van der Waals surface area contributed by atoms with Crippen LogP contribution < -0.4 is 5.46 Å². The van der Waals surface area contributed by atoms with Crippen molar-refractivity contribution in [2.75, 3.05) is 0 Å². The van der Waals surface area contributed by atoms with Gasteiger partial charge in [0.1, 0.15) is 7.85 Å². The van der Waals surface area contributed by atoms with Crippen LogP contribution in [0.15, 0.2) is 36.9 Å². The zero-order valence-corrected chi connectivity index (χ0v) is 9.86. The molecule has 0 unspecified atom stereocenters. The predicted octanol–water partition coefficient (Wildman–Crippen LogP) is 3.33. The summed E-state index contributed by atoms with van der Waals surface area (Å²) in [5.41, 5.74) is 2.33. The summed E-state index contributed by atoms with van der Waals surface area (Å²) in [6, 6.07) is 8.41. The van der Waals surface area contributed by atoms with E-state index in [0.29, 0.717) is 0 Å². The summed E-state index contributed by atoms with van der Waals surface area (Å²) in [6.45, 7) is 3.83. The van der Waals surface area contributed by atoms with Crippen molar-refractivity contribution < 1.29 is 0 Å². The van der Waals surface area contributed by atoms with Crippen LogP contribution in [-0.4, -0.2) is 7.85 Å². The van der Waals surface area contributed by atoms with Crippen LogP contribution in [0, 0.1) is 5.92 Å². The van der Waals surface area contributed by atoms with Gasteiger partial charge >= 0.3 is 0 Å². The van der Waals surface area contributed by atoms with E-state index in [4.69, 9.17) is 7.85 Å². The highest BCUT2D eigenvalue weighted by molar-refractivity contribution is 6.32. The molecule has 0 aromatic heterocycles. The first-order chi connectivity index (χ1) is 7.79. The highest BCUT2D eigenvalue weighted by atomic mass is 14.3. The van der Waals surface area contributed by atoms with E-state index in [1.54, 1.807) is 0 Å². The first kappa shape index (κ1) is 11.5. The Morgan fingerprint density at radius 2 is 1.75 bits per heavy atom. The van der Waals surface area contributed by atoms with Gasteiger partial charge in [-0.05, 0) is 49.5 Å². The maximum absolute atomic E-state index is 5.71. The van der Waals surface area contributed by atoms with Crippen molar-refractivity contribution in [3.63, 3.8) is 0 Å².